The molecule has 1 heteroatoms. The Morgan fingerprint density at radius 1 is 1.40 bits per heavy atom. The summed E-state index contributed by atoms with van der Waals surface area (Å²) < 4.78 is 0. The molecule has 0 unspecified atom stereocenters. The van der Waals surface area contributed by atoms with Crippen molar-refractivity contribution >= 4 is 21.5 Å². The van der Waals surface area contributed by atoms with Crippen LogP contribution >= 0.6 is 15.9 Å². The van der Waals surface area contributed by atoms with E-state index in [1.165, 1.54) is 29.5 Å². The zero-order chi connectivity index (χ0) is 11.1. The first kappa shape index (κ1) is 12.5. The molecule has 0 saturated carbocycles. The lowest BCUT2D eigenvalue weighted by atomic mass is 10.0. The Morgan fingerprint density at radius 3 is 2.87 bits per heavy atom. The van der Waals surface area contributed by atoms with E-state index in [0.717, 1.165) is 11.8 Å². The van der Waals surface area contributed by atoms with Gasteiger partial charge in [0.05, 0.1) is 0 Å². The summed E-state index contributed by atoms with van der Waals surface area (Å²) in [5.74, 6) is 0. The van der Waals surface area contributed by atoms with Gasteiger partial charge in [-0.2, -0.15) is 0 Å². The normalized spacial score (nSPS) is 11.8. The highest BCUT2D eigenvalue weighted by Gasteiger charge is 1.97. The molecule has 0 aliphatic heterocycles. The fourth-order valence-electron chi connectivity index (χ4n) is 1.65. The topological polar surface area (TPSA) is 0 Å². The van der Waals surface area contributed by atoms with Gasteiger partial charge in [0, 0.05) is 5.33 Å². The molecule has 0 bridgehead atoms. The average molecular weight is 267 g/mol. The molecule has 0 heterocycles. The van der Waals surface area contributed by atoms with Crippen molar-refractivity contribution in [2.24, 2.45) is 0 Å². The van der Waals surface area contributed by atoms with Crippen molar-refractivity contribution in [1.29, 1.82) is 0 Å². The zero-order valence-corrected chi connectivity index (χ0v) is 11.2. The summed E-state index contributed by atoms with van der Waals surface area (Å²) in [6, 6.07) is 8.87. The smallest absolute Gasteiger partial charge is 0.00661 e. The van der Waals surface area contributed by atoms with Crippen LogP contribution in [0.2, 0.25) is 0 Å². The average Bonchev–Trinajstić information content (AvgIpc) is 2.27. The molecule has 0 fully saturated rings. The number of halogens is 1. The van der Waals surface area contributed by atoms with E-state index < -0.39 is 0 Å². The maximum atomic E-state index is 3.45. The quantitative estimate of drug-likeness (QED) is 0.670. The first-order valence-electron chi connectivity index (χ1n) is 5.60. The molecule has 0 N–H and O–H groups in total. The fraction of sp³-hybridized carbons (Fsp3) is 0.429. The van der Waals surface area contributed by atoms with Crippen molar-refractivity contribution in [1.82, 2.24) is 0 Å². The highest BCUT2D eigenvalue weighted by Crippen LogP contribution is 2.17. The monoisotopic (exact) mass is 266 g/mol. The Labute approximate surface area is 102 Å². The standard InChI is InChI=1S/C14H19Br/c1-3-6-13-8-4-9-14(11-13)12(2)7-5-10-15/h4,7-9,11H,3,5-6,10H2,1-2H3/b12-7+. The summed E-state index contributed by atoms with van der Waals surface area (Å²) in [5.41, 5.74) is 4.19. The highest BCUT2D eigenvalue weighted by atomic mass is 79.9. The van der Waals surface area contributed by atoms with Crippen LogP contribution in [0, 0.1) is 0 Å². The molecule has 0 atom stereocenters. The van der Waals surface area contributed by atoms with Crippen LogP contribution in [0.4, 0.5) is 0 Å². The van der Waals surface area contributed by atoms with E-state index in [1.54, 1.807) is 0 Å². The van der Waals surface area contributed by atoms with Crippen LogP contribution in [0.3, 0.4) is 0 Å². The van der Waals surface area contributed by atoms with E-state index >= 15 is 0 Å². The van der Waals surface area contributed by atoms with Gasteiger partial charge in [0.1, 0.15) is 0 Å². The molecule has 0 nitrogen and oxygen atoms in total. The zero-order valence-electron chi connectivity index (χ0n) is 9.59. The molecule has 0 aromatic heterocycles. The lowest BCUT2D eigenvalue weighted by molar-refractivity contribution is 0.921. The molecular weight excluding hydrogens is 248 g/mol. The van der Waals surface area contributed by atoms with Crippen molar-refractivity contribution in [2.45, 2.75) is 33.1 Å². The van der Waals surface area contributed by atoms with E-state index in [0.29, 0.717) is 0 Å². The number of hydrogen-bond acceptors (Lipinski definition) is 0. The molecule has 0 radical (unpaired) electrons. The Bertz CT molecular complexity index is 326. The minimum atomic E-state index is 1.04. The maximum Gasteiger partial charge on any atom is 0.00661 e. The predicted octanol–water partition coefficient (Wildman–Crippen LogP) is 4.83. The lowest BCUT2D eigenvalue weighted by Gasteiger charge is -2.04. The van der Waals surface area contributed by atoms with Crippen LogP contribution in [0.15, 0.2) is 30.3 Å². The molecule has 15 heavy (non-hydrogen) atoms. The van der Waals surface area contributed by atoms with Gasteiger partial charge < -0.3 is 0 Å². The first-order valence-corrected chi connectivity index (χ1v) is 6.72. The van der Waals surface area contributed by atoms with Gasteiger partial charge in [-0.05, 0) is 36.5 Å². The largest absolute Gasteiger partial charge is 0.0925 e. The molecule has 0 aliphatic carbocycles. The minimum absolute atomic E-state index is 1.04. The van der Waals surface area contributed by atoms with E-state index in [1.807, 2.05) is 0 Å². The second-order valence-corrected chi connectivity index (χ2v) is 4.61. The van der Waals surface area contributed by atoms with Crippen LogP contribution in [0.25, 0.3) is 5.57 Å². The number of alkyl halides is 1. The minimum Gasteiger partial charge on any atom is -0.0925 e. The van der Waals surface area contributed by atoms with Gasteiger partial charge in [0.2, 0.25) is 0 Å². The summed E-state index contributed by atoms with van der Waals surface area (Å²) in [7, 11) is 0. The van der Waals surface area contributed by atoms with Gasteiger partial charge in [0.25, 0.3) is 0 Å². The van der Waals surface area contributed by atoms with Gasteiger partial charge in [0.15, 0.2) is 0 Å². The lowest BCUT2D eigenvalue weighted by Crippen LogP contribution is -1.86. The Balaban J connectivity index is 2.80. The van der Waals surface area contributed by atoms with E-state index in [2.05, 4.69) is 60.1 Å². The molecule has 0 aliphatic rings. The number of hydrogen-bond donors (Lipinski definition) is 0. The van der Waals surface area contributed by atoms with Crippen molar-refractivity contribution in [3.63, 3.8) is 0 Å². The second kappa shape index (κ2) is 6.84. The van der Waals surface area contributed by atoms with Gasteiger partial charge >= 0.3 is 0 Å². The third-order valence-corrected chi connectivity index (χ3v) is 2.94. The van der Waals surface area contributed by atoms with Crippen LogP contribution in [0.5, 0.6) is 0 Å². The summed E-state index contributed by atoms with van der Waals surface area (Å²) in [5, 5.41) is 1.04. The molecule has 0 amide bonds. The molecule has 1 aromatic rings. The Morgan fingerprint density at radius 2 is 2.20 bits per heavy atom. The van der Waals surface area contributed by atoms with Crippen molar-refractivity contribution in [3.8, 4) is 0 Å². The first-order chi connectivity index (χ1) is 7.27. The van der Waals surface area contributed by atoms with Gasteiger partial charge in [-0.15, -0.1) is 0 Å². The predicted molar refractivity (Wildman–Crippen MR) is 72.5 cm³/mol. The molecular formula is C14H19Br. The summed E-state index contributed by atoms with van der Waals surface area (Å²) in [4.78, 5) is 0. The third kappa shape index (κ3) is 4.21. The van der Waals surface area contributed by atoms with E-state index in [9.17, 15) is 0 Å². The summed E-state index contributed by atoms with van der Waals surface area (Å²) in [6.07, 6.45) is 5.79. The van der Waals surface area contributed by atoms with Crippen LogP contribution < -0.4 is 0 Å². The Kier molecular flexibility index (Phi) is 5.70. The number of benzene rings is 1. The van der Waals surface area contributed by atoms with Gasteiger partial charge in [-0.1, -0.05) is 59.6 Å². The maximum absolute atomic E-state index is 3.45. The van der Waals surface area contributed by atoms with Crippen molar-refractivity contribution in [2.75, 3.05) is 5.33 Å². The van der Waals surface area contributed by atoms with E-state index in [-0.39, 0.29) is 0 Å². The van der Waals surface area contributed by atoms with Crippen LogP contribution in [-0.2, 0) is 6.42 Å². The molecule has 1 rings (SSSR count). The molecule has 0 spiro atoms. The van der Waals surface area contributed by atoms with Crippen LogP contribution in [0.1, 0.15) is 37.8 Å². The van der Waals surface area contributed by atoms with Gasteiger partial charge in [-0.25, -0.2) is 0 Å². The summed E-state index contributed by atoms with van der Waals surface area (Å²) in [6.45, 7) is 4.41. The fourth-order valence-corrected chi connectivity index (χ4v) is 1.88. The molecule has 0 saturated heterocycles. The van der Waals surface area contributed by atoms with Crippen LogP contribution in [-0.4, -0.2) is 5.33 Å². The van der Waals surface area contributed by atoms with Crippen molar-refractivity contribution < 1.29 is 0 Å². The SMILES string of the molecule is CCCc1cccc(/C(C)=C/CCBr)c1. The molecule has 82 valence electrons. The number of rotatable bonds is 5. The van der Waals surface area contributed by atoms with Crippen molar-refractivity contribution in [3.05, 3.63) is 41.5 Å². The molecule has 1 aromatic carbocycles. The number of aryl methyl sites for hydroxylation is 1. The third-order valence-electron chi connectivity index (χ3n) is 2.48. The summed E-state index contributed by atoms with van der Waals surface area (Å²) >= 11 is 3.45. The highest BCUT2D eigenvalue weighted by molar-refractivity contribution is 9.09. The second-order valence-electron chi connectivity index (χ2n) is 3.82. The Hall–Kier alpha value is -0.560. The van der Waals surface area contributed by atoms with E-state index in [4.69, 9.17) is 0 Å². The number of allylic oxidation sites excluding steroid dienone is 2. The van der Waals surface area contributed by atoms with Gasteiger partial charge in [-0.3, -0.25) is 0 Å².